The zero-order chi connectivity index (χ0) is 12.3. The number of hydrogen-bond donors (Lipinski definition) is 1. The molecule has 0 bridgehead atoms. The summed E-state index contributed by atoms with van der Waals surface area (Å²) < 4.78 is 37.1. The van der Waals surface area contributed by atoms with Gasteiger partial charge in [0.1, 0.15) is 0 Å². The summed E-state index contributed by atoms with van der Waals surface area (Å²) in [6.07, 6.45) is 0. The minimum absolute atomic E-state index is 0.103. The first-order chi connectivity index (χ1) is 7.56. The maximum absolute atomic E-state index is 13.8. The fourth-order valence-electron chi connectivity index (χ4n) is 1.43. The number of aliphatic hydroxyl groups excluding tert-OH is 1. The summed E-state index contributed by atoms with van der Waals surface area (Å²) in [7, 11) is 2.56. The van der Waals surface area contributed by atoms with Crippen molar-refractivity contribution in [2.45, 2.75) is 12.8 Å². The molecule has 0 aliphatic rings. The molecule has 0 aliphatic carbocycles. The van der Waals surface area contributed by atoms with E-state index in [2.05, 4.69) is 0 Å². The first-order valence-corrected chi connectivity index (χ1v) is 4.77. The number of ether oxygens (including phenoxy) is 2. The van der Waals surface area contributed by atoms with Crippen LogP contribution in [-0.2, 0) is 0 Å². The molecule has 5 heteroatoms. The van der Waals surface area contributed by atoms with Crippen LogP contribution in [0.3, 0.4) is 0 Å². The van der Waals surface area contributed by atoms with Gasteiger partial charge in [-0.25, -0.2) is 8.78 Å². The van der Waals surface area contributed by atoms with E-state index in [9.17, 15) is 8.78 Å². The average Bonchev–Trinajstić information content (AvgIpc) is 2.29. The highest BCUT2D eigenvalue weighted by Gasteiger charge is 2.23. The lowest BCUT2D eigenvalue weighted by Crippen LogP contribution is -2.08. The lowest BCUT2D eigenvalue weighted by molar-refractivity contribution is 0.264. The molecule has 90 valence electrons. The van der Waals surface area contributed by atoms with Gasteiger partial charge < -0.3 is 14.6 Å². The van der Waals surface area contributed by atoms with Crippen LogP contribution in [0.25, 0.3) is 0 Å². The molecule has 0 saturated carbocycles. The second-order valence-corrected chi connectivity index (χ2v) is 3.41. The highest BCUT2D eigenvalue weighted by molar-refractivity contribution is 5.43. The number of aliphatic hydroxyl groups is 1. The Balaban J connectivity index is 3.43. The van der Waals surface area contributed by atoms with Gasteiger partial charge in [0.2, 0.25) is 0 Å². The minimum Gasteiger partial charge on any atom is -0.494 e. The Kier molecular flexibility index (Phi) is 4.06. The third-order valence-corrected chi connectivity index (χ3v) is 2.37. The molecule has 0 amide bonds. The summed E-state index contributed by atoms with van der Waals surface area (Å²) in [5.41, 5.74) is -0.223. The first kappa shape index (κ1) is 12.7. The summed E-state index contributed by atoms with van der Waals surface area (Å²) in [4.78, 5) is 0. The van der Waals surface area contributed by atoms with Crippen molar-refractivity contribution < 1.29 is 23.4 Å². The summed E-state index contributed by atoms with van der Waals surface area (Å²) in [5, 5.41) is 8.95. The number of halogens is 2. The van der Waals surface area contributed by atoms with Gasteiger partial charge >= 0.3 is 0 Å². The van der Waals surface area contributed by atoms with E-state index in [1.54, 1.807) is 0 Å². The smallest absolute Gasteiger partial charge is 0.171 e. The number of rotatable bonds is 4. The molecule has 0 aromatic heterocycles. The van der Waals surface area contributed by atoms with Crippen LogP contribution >= 0.6 is 0 Å². The topological polar surface area (TPSA) is 38.7 Å². The van der Waals surface area contributed by atoms with E-state index >= 15 is 0 Å². The molecule has 3 nitrogen and oxygen atoms in total. The summed E-state index contributed by atoms with van der Waals surface area (Å²) in [6, 6.07) is 1.14. The van der Waals surface area contributed by atoms with Gasteiger partial charge in [0.15, 0.2) is 23.1 Å². The molecule has 0 spiro atoms. The maximum atomic E-state index is 13.8. The Morgan fingerprint density at radius 1 is 1.19 bits per heavy atom. The van der Waals surface area contributed by atoms with Crippen molar-refractivity contribution in [3.63, 3.8) is 0 Å². The van der Waals surface area contributed by atoms with Gasteiger partial charge in [-0.1, -0.05) is 6.92 Å². The van der Waals surface area contributed by atoms with Gasteiger partial charge in [0.25, 0.3) is 0 Å². The van der Waals surface area contributed by atoms with Crippen LogP contribution in [0.4, 0.5) is 8.78 Å². The van der Waals surface area contributed by atoms with Crippen molar-refractivity contribution in [2.24, 2.45) is 0 Å². The van der Waals surface area contributed by atoms with Gasteiger partial charge in [0.05, 0.1) is 14.2 Å². The maximum Gasteiger partial charge on any atom is 0.171 e. The minimum atomic E-state index is -0.803. The quantitative estimate of drug-likeness (QED) is 0.863. The van der Waals surface area contributed by atoms with E-state index in [1.165, 1.54) is 21.1 Å². The van der Waals surface area contributed by atoms with E-state index in [1.807, 2.05) is 0 Å². The lowest BCUT2D eigenvalue weighted by Gasteiger charge is -2.15. The molecule has 1 aromatic carbocycles. The molecule has 1 aromatic rings. The predicted molar refractivity (Wildman–Crippen MR) is 55.0 cm³/mol. The Morgan fingerprint density at radius 3 is 1.94 bits per heavy atom. The van der Waals surface area contributed by atoms with Crippen molar-refractivity contribution in [3.8, 4) is 11.5 Å². The van der Waals surface area contributed by atoms with Gasteiger partial charge in [-0.2, -0.15) is 0 Å². The SMILES string of the molecule is COc1cc(OC)c(F)c(C(C)CO)c1F. The molecule has 1 N–H and O–H groups in total. The predicted octanol–water partition coefficient (Wildman–Crippen LogP) is 2.08. The Labute approximate surface area is 92.6 Å². The fourth-order valence-corrected chi connectivity index (χ4v) is 1.43. The van der Waals surface area contributed by atoms with Gasteiger partial charge in [-0.15, -0.1) is 0 Å². The molecule has 0 aliphatic heterocycles. The molecule has 0 saturated heterocycles. The second-order valence-electron chi connectivity index (χ2n) is 3.41. The number of hydrogen-bond acceptors (Lipinski definition) is 3. The van der Waals surface area contributed by atoms with Crippen LogP contribution in [-0.4, -0.2) is 25.9 Å². The highest BCUT2D eigenvalue weighted by Crippen LogP contribution is 2.35. The average molecular weight is 232 g/mol. The number of methoxy groups -OCH3 is 2. The zero-order valence-corrected chi connectivity index (χ0v) is 9.38. The molecule has 0 radical (unpaired) electrons. The summed E-state index contributed by atoms with van der Waals surface area (Å²) >= 11 is 0. The molecular weight excluding hydrogens is 218 g/mol. The second kappa shape index (κ2) is 5.12. The van der Waals surface area contributed by atoms with Gasteiger partial charge in [-0.3, -0.25) is 0 Å². The van der Waals surface area contributed by atoms with Crippen LogP contribution in [0.15, 0.2) is 6.07 Å². The largest absolute Gasteiger partial charge is 0.494 e. The third kappa shape index (κ3) is 2.09. The van der Waals surface area contributed by atoms with E-state index in [0.29, 0.717) is 0 Å². The van der Waals surface area contributed by atoms with E-state index < -0.39 is 17.6 Å². The van der Waals surface area contributed by atoms with Crippen LogP contribution < -0.4 is 9.47 Å². The Bertz CT molecular complexity index is 352. The Morgan fingerprint density at radius 2 is 1.62 bits per heavy atom. The molecular formula is C11H14F2O3. The normalized spacial score (nSPS) is 12.4. The molecule has 1 rings (SSSR count). The standard InChI is InChI=1S/C11H14F2O3/c1-6(5-14)9-10(12)7(15-2)4-8(16-3)11(9)13/h4,6,14H,5H2,1-3H3. The highest BCUT2D eigenvalue weighted by atomic mass is 19.1. The van der Waals surface area contributed by atoms with Crippen molar-refractivity contribution in [2.75, 3.05) is 20.8 Å². The third-order valence-electron chi connectivity index (χ3n) is 2.37. The van der Waals surface area contributed by atoms with Crippen molar-refractivity contribution >= 4 is 0 Å². The monoisotopic (exact) mass is 232 g/mol. The molecule has 1 unspecified atom stereocenters. The molecule has 1 atom stereocenters. The van der Waals surface area contributed by atoms with Crippen LogP contribution in [0.5, 0.6) is 11.5 Å². The van der Waals surface area contributed by atoms with E-state index in [0.717, 1.165) is 6.07 Å². The summed E-state index contributed by atoms with van der Waals surface area (Å²) in [5.74, 6) is -2.48. The molecule has 16 heavy (non-hydrogen) atoms. The molecule has 0 heterocycles. The Hall–Kier alpha value is -1.36. The van der Waals surface area contributed by atoms with Gasteiger partial charge in [-0.05, 0) is 0 Å². The van der Waals surface area contributed by atoms with E-state index in [-0.39, 0.29) is 23.7 Å². The van der Waals surface area contributed by atoms with Crippen molar-refractivity contribution in [1.29, 1.82) is 0 Å². The van der Waals surface area contributed by atoms with Crippen LogP contribution in [0.2, 0.25) is 0 Å². The van der Waals surface area contributed by atoms with Crippen molar-refractivity contribution in [3.05, 3.63) is 23.3 Å². The lowest BCUT2D eigenvalue weighted by atomic mass is 10.00. The first-order valence-electron chi connectivity index (χ1n) is 4.77. The zero-order valence-electron chi connectivity index (χ0n) is 9.38. The van der Waals surface area contributed by atoms with E-state index in [4.69, 9.17) is 14.6 Å². The van der Waals surface area contributed by atoms with Crippen LogP contribution in [0.1, 0.15) is 18.4 Å². The molecule has 0 fully saturated rings. The van der Waals surface area contributed by atoms with Gasteiger partial charge in [0, 0.05) is 24.2 Å². The number of benzene rings is 1. The fraction of sp³-hybridized carbons (Fsp3) is 0.455. The summed E-state index contributed by atoms with van der Waals surface area (Å²) in [6.45, 7) is 1.16. The van der Waals surface area contributed by atoms with Crippen molar-refractivity contribution in [1.82, 2.24) is 0 Å². The van der Waals surface area contributed by atoms with Crippen LogP contribution in [0, 0.1) is 11.6 Å².